The van der Waals surface area contributed by atoms with Gasteiger partial charge in [-0.15, -0.1) is 0 Å². The van der Waals surface area contributed by atoms with Crippen LogP contribution in [0.2, 0.25) is 0 Å². The molecule has 1 aromatic rings. The van der Waals surface area contributed by atoms with Crippen LogP contribution in [0, 0.1) is 5.92 Å². The highest BCUT2D eigenvalue weighted by molar-refractivity contribution is 9.10. The standard InChI is InChI=1S/C8H11BrN2O2/c9-8-10-7(11-13-8)4-6-2-1-3-12-5-6/h6H,1-5H2. The van der Waals surface area contributed by atoms with E-state index in [1.807, 2.05) is 0 Å². The average Bonchev–Trinajstić information content (AvgIpc) is 2.53. The fourth-order valence-corrected chi connectivity index (χ4v) is 1.82. The van der Waals surface area contributed by atoms with Gasteiger partial charge in [-0.3, -0.25) is 0 Å². The molecule has 1 aliphatic heterocycles. The lowest BCUT2D eigenvalue weighted by Gasteiger charge is -2.20. The molecule has 0 radical (unpaired) electrons. The lowest BCUT2D eigenvalue weighted by molar-refractivity contribution is 0.0541. The molecule has 0 saturated carbocycles. The summed E-state index contributed by atoms with van der Waals surface area (Å²) in [6.07, 6.45) is 3.20. The summed E-state index contributed by atoms with van der Waals surface area (Å²) in [5.41, 5.74) is 0. The highest BCUT2D eigenvalue weighted by Crippen LogP contribution is 2.18. The van der Waals surface area contributed by atoms with Crippen LogP contribution in [0.3, 0.4) is 0 Å². The summed E-state index contributed by atoms with van der Waals surface area (Å²) in [4.78, 5) is 4.55. The zero-order chi connectivity index (χ0) is 9.10. The molecule has 0 bridgehead atoms. The molecule has 1 aromatic heterocycles. The molecule has 72 valence electrons. The minimum Gasteiger partial charge on any atom is -0.381 e. The van der Waals surface area contributed by atoms with E-state index in [1.54, 1.807) is 0 Å². The zero-order valence-corrected chi connectivity index (χ0v) is 8.79. The summed E-state index contributed by atoms with van der Waals surface area (Å²) in [6, 6.07) is 0. The zero-order valence-electron chi connectivity index (χ0n) is 7.20. The van der Waals surface area contributed by atoms with Crippen molar-refractivity contribution in [1.29, 1.82) is 0 Å². The van der Waals surface area contributed by atoms with Crippen molar-refractivity contribution in [1.82, 2.24) is 10.1 Å². The van der Waals surface area contributed by atoms with E-state index in [1.165, 1.54) is 6.42 Å². The topological polar surface area (TPSA) is 48.2 Å². The average molecular weight is 247 g/mol. The van der Waals surface area contributed by atoms with Gasteiger partial charge in [0.15, 0.2) is 5.82 Å². The van der Waals surface area contributed by atoms with Gasteiger partial charge in [0.25, 0.3) is 4.80 Å². The van der Waals surface area contributed by atoms with Crippen molar-refractivity contribution in [2.75, 3.05) is 13.2 Å². The number of hydrogen-bond donors (Lipinski definition) is 0. The number of halogens is 1. The van der Waals surface area contributed by atoms with Gasteiger partial charge in [0.1, 0.15) is 0 Å². The van der Waals surface area contributed by atoms with Crippen LogP contribution in [0.4, 0.5) is 0 Å². The Hall–Kier alpha value is -0.420. The third-order valence-electron chi connectivity index (χ3n) is 2.17. The van der Waals surface area contributed by atoms with Crippen LogP contribution in [-0.2, 0) is 11.2 Å². The molecule has 2 rings (SSSR count). The van der Waals surface area contributed by atoms with Crippen molar-refractivity contribution in [3.8, 4) is 0 Å². The minimum absolute atomic E-state index is 0.458. The Labute approximate surface area is 84.8 Å². The molecule has 0 aromatic carbocycles. The quantitative estimate of drug-likeness (QED) is 0.799. The van der Waals surface area contributed by atoms with Crippen molar-refractivity contribution >= 4 is 15.9 Å². The molecule has 1 unspecified atom stereocenters. The Bertz CT molecular complexity index is 271. The summed E-state index contributed by atoms with van der Waals surface area (Å²) >= 11 is 3.13. The van der Waals surface area contributed by atoms with E-state index in [-0.39, 0.29) is 0 Å². The van der Waals surface area contributed by atoms with Crippen LogP contribution in [-0.4, -0.2) is 23.4 Å². The molecule has 0 aliphatic carbocycles. The van der Waals surface area contributed by atoms with Gasteiger partial charge in [-0.1, -0.05) is 5.16 Å². The third kappa shape index (κ3) is 2.51. The van der Waals surface area contributed by atoms with Crippen molar-refractivity contribution in [2.45, 2.75) is 19.3 Å². The summed E-state index contributed by atoms with van der Waals surface area (Å²) in [5, 5.41) is 3.82. The van der Waals surface area contributed by atoms with Gasteiger partial charge in [0.05, 0.1) is 0 Å². The summed E-state index contributed by atoms with van der Waals surface area (Å²) in [5.74, 6) is 1.32. The summed E-state index contributed by atoms with van der Waals surface area (Å²) < 4.78 is 10.2. The predicted molar refractivity (Wildman–Crippen MR) is 49.2 cm³/mol. The monoisotopic (exact) mass is 246 g/mol. The van der Waals surface area contributed by atoms with Crippen LogP contribution >= 0.6 is 15.9 Å². The first-order valence-corrected chi connectivity index (χ1v) is 5.20. The van der Waals surface area contributed by atoms with Crippen molar-refractivity contribution in [3.05, 3.63) is 10.6 Å². The second-order valence-corrected chi connectivity index (χ2v) is 3.93. The molecule has 4 nitrogen and oxygen atoms in total. The van der Waals surface area contributed by atoms with Crippen LogP contribution in [0.1, 0.15) is 18.7 Å². The van der Waals surface area contributed by atoms with Crippen molar-refractivity contribution in [2.24, 2.45) is 5.92 Å². The van der Waals surface area contributed by atoms with Crippen LogP contribution in [0.25, 0.3) is 0 Å². The Balaban J connectivity index is 1.89. The fraction of sp³-hybridized carbons (Fsp3) is 0.750. The van der Waals surface area contributed by atoms with Crippen LogP contribution < -0.4 is 0 Å². The first-order valence-electron chi connectivity index (χ1n) is 4.40. The summed E-state index contributed by atoms with van der Waals surface area (Å²) in [7, 11) is 0. The molecule has 5 heteroatoms. The molecule has 1 atom stereocenters. The highest BCUT2D eigenvalue weighted by Gasteiger charge is 2.16. The molecule has 1 fully saturated rings. The maximum Gasteiger partial charge on any atom is 0.293 e. The van der Waals surface area contributed by atoms with Crippen molar-refractivity contribution < 1.29 is 9.26 Å². The Kier molecular flexibility index (Phi) is 2.95. The van der Waals surface area contributed by atoms with Gasteiger partial charge < -0.3 is 9.26 Å². The smallest absolute Gasteiger partial charge is 0.293 e. The fourth-order valence-electron chi connectivity index (χ4n) is 1.54. The first kappa shape index (κ1) is 9.15. The van der Waals surface area contributed by atoms with E-state index < -0.39 is 0 Å². The molecule has 1 aliphatic rings. The maximum absolute atomic E-state index is 5.36. The SMILES string of the molecule is Brc1nc(CC2CCCOC2)no1. The van der Waals surface area contributed by atoms with E-state index >= 15 is 0 Å². The van der Waals surface area contributed by atoms with Gasteiger partial charge in [0.2, 0.25) is 0 Å². The van der Waals surface area contributed by atoms with E-state index in [0.717, 1.165) is 31.9 Å². The highest BCUT2D eigenvalue weighted by atomic mass is 79.9. The predicted octanol–water partition coefficient (Wildman–Crippen LogP) is 1.80. The van der Waals surface area contributed by atoms with Crippen molar-refractivity contribution in [3.63, 3.8) is 0 Å². The van der Waals surface area contributed by atoms with Gasteiger partial charge >= 0.3 is 0 Å². The van der Waals surface area contributed by atoms with Crippen LogP contribution in [0.5, 0.6) is 0 Å². The largest absolute Gasteiger partial charge is 0.381 e. The third-order valence-corrected chi connectivity index (χ3v) is 2.49. The summed E-state index contributed by atoms with van der Waals surface area (Å²) in [6.45, 7) is 1.72. The Morgan fingerprint density at radius 1 is 1.54 bits per heavy atom. The first-order chi connectivity index (χ1) is 6.34. The lowest BCUT2D eigenvalue weighted by atomic mass is 9.98. The molecular weight excluding hydrogens is 236 g/mol. The number of nitrogens with zero attached hydrogens (tertiary/aromatic N) is 2. The molecule has 0 N–H and O–H groups in total. The van der Waals surface area contributed by atoms with Gasteiger partial charge in [-0.2, -0.15) is 4.98 Å². The van der Waals surface area contributed by atoms with Gasteiger partial charge in [-0.05, 0) is 18.8 Å². The second-order valence-electron chi connectivity index (χ2n) is 3.25. The number of rotatable bonds is 2. The maximum atomic E-state index is 5.36. The Morgan fingerprint density at radius 2 is 2.46 bits per heavy atom. The van der Waals surface area contributed by atoms with E-state index in [9.17, 15) is 0 Å². The lowest BCUT2D eigenvalue weighted by Crippen LogP contribution is -2.19. The second kappa shape index (κ2) is 4.19. The molecule has 0 amide bonds. The molecule has 0 spiro atoms. The number of aromatic nitrogens is 2. The molecule has 2 heterocycles. The number of hydrogen-bond acceptors (Lipinski definition) is 4. The van der Waals surface area contributed by atoms with Crippen LogP contribution in [0.15, 0.2) is 9.32 Å². The molecular formula is C8H11BrN2O2. The van der Waals surface area contributed by atoms with E-state index in [4.69, 9.17) is 9.26 Å². The molecule has 13 heavy (non-hydrogen) atoms. The Morgan fingerprint density at radius 3 is 3.08 bits per heavy atom. The molecule has 1 saturated heterocycles. The van der Waals surface area contributed by atoms with Gasteiger partial charge in [0, 0.05) is 35.6 Å². The number of ether oxygens (including phenoxy) is 1. The van der Waals surface area contributed by atoms with E-state index in [2.05, 4.69) is 26.1 Å². The normalized spacial score (nSPS) is 23.3. The van der Waals surface area contributed by atoms with Gasteiger partial charge in [-0.25, -0.2) is 0 Å². The van der Waals surface area contributed by atoms with E-state index in [0.29, 0.717) is 10.7 Å². The minimum atomic E-state index is 0.458.